The molecule has 0 atom stereocenters. The molecule has 0 saturated heterocycles. The quantitative estimate of drug-likeness (QED) is 0.540. The summed E-state index contributed by atoms with van der Waals surface area (Å²) in [5.41, 5.74) is 0. The standard InChI is InChI=1S/C12H22N2/c1-2-14(9-10-7-8-10)12(13)11-5-3-4-6-11/h10-11,13H,2-9H2,1H3. The second-order valence-electron chi connectivity index (χ2n) is 4.85. The third-order valence-electron chi connectivity index (χ3n) is 3.64. The van der Waals surface area contributed by atoms with Gasteiger partial charge in [-0.3, -0.25) is 5.41 Å². The first-order valence-corrected chi connectivity index (χ1v) is 6.14. The summed E-state index contributed by atoms with van der Waals surface area (Å²) in [5.74, 6) is 2.45. The molecule has 2 aliphatic rings. The van der Waals surface area contributed by atoms with Crippen molar-refractivity contribution in [3.8, 4) is 0 Å². The Kier molecular flexibility index (Phi) is 3.09. The summed E-state index contributed by atoms with van der Waals surface area (Å²) >= 11 is 0. The first-order valence-electron chi connectivity index (χ1n) is 6.14. The summed E-state index contributed by atoms with van der Waals surface area (Å²) in [6.45, 7) is 4.38. The number of rotatable bonds is 4. The first kappa shape index (κ1) is 10.0. The van der Waals surface area contributed by atoms with Crippen LogP contribution in [0.15, 0.2) is 0 Å². The van der Waals surface area contributed by atoms with E-state index >= 15 is 0 Å². The molecule has 80 valence electrons. The molecule has 2 nitrogen and oxygen atoms in total. The summed E-state index contributed by atoms with van der Waals surface area (Å²) in [6.07, 6.45) is 8.00. The van der Waals surface area contributed by atoms with Crippen LogP contribution >= 0.6 is 0 Å². The molecule has 0 spiro atoms. The highest BCUT2D eigenvalue weighted by Crippen LogP contribution is 2.32. The van der Waals surface area contributed by atoms with E-state index < -0.39 is 0 Å². The lowest BCUT2D eigenvalue weighted by atomic mass is 10.1. The van der Waals surface area contributed by atoms with E-state index in [9.17, 15) is 0 Å². The maximum Gasteiger partial charge on any atom is 0.0989 e. The molecular formula is C12H22N2. The van der Waals surface area contributed by atoms with Crippen molar-refractivity contribution in [1.29, 1.82) is 5.41 Å². The predicted molar refractivity (Wildman–Crippen MR) is 59.7 cm³/mol. The van der Waals surface area contributed by atoms with Crippen molar-refractivity contribution < 1.29 is 0 Å². The zero-order valence-electron chi connectivity index (χ0n) is 9.26. The van der Waals surface area contributed by atoms with Crippen molar-refractivity contribution in [3.05, 3.63) is 0 Å². The van der Waals surface area contributed by atoms with E-state index in [0.717, 1.165) is 24.8 Å². The van der Waals surface area contributed by atoms with Gasteiger partial charge in [0.25, 0.3) is 0 Å². The van der Waals surface area contributed by atoms with Crippen LogP contribution in [0.2, 0.25) is 0 Å². The Morgan fingerprint density at radius 2 is 1.86 bits per heavy atom. The zero-order chi connectivity index (χ0) is 9.97. The van der Waals surface area contributed by atoms with Gasteiger partial charge >= 0.3 is 0 Å². The van der Waals surface area contributed by atoms with Crippen molar-refractivity contribution in [2.45, 2.75) is 45.4 Å². The number of nitrogens with one attached hydrogen (secondary N) is 1. The van der Waals surface area contributed by atoms with Gasteiger partial charge in [0.1, 0.15) is 0 Å². The van der Waals surface area contributed by atoms with Crippen LogP contribution in [0.3, 0.4) is 0 Å². The molecule has 2 aliphatic carbocycles. The van der Waals surface area contributed by atoms with Crippen LogP contribution in [0.4, 0.5) is 0 Å². The van der Waals surface area contributed by atoms with Crippen molar-refractivity contribution in [2.24, 2.45) is 11.8 Å². The molecule has 0 unspecified atom stereocenters. The van der Waals surface area contributed by atoms with E-state index in [1.54, 1.807) is 0 Å². The molecule has 0 aliphatic heterocycles. The van der Waals surface area contributed by atoms with Gasteiger partial charge in [-0.15, -0.1) is 0 Å². The van der Waals surface area contributed by atoms with E-state index in [1.807, 2.05) is 0 Å². The molecule has 0 heterocycles. The van der Waals surface area contributed by atoms with Gasteiger partial charge in [0.05, 0.1) is 5.84 Å². The summed E-state index contributed by atoms with van der Waals surface area (Å²) < 4.78 is 0. The van der Waals surface area contributed by atoms with Gasteiger partial charge in [-0.1, -0.05) is 12.8 Å². The van der Waals surface area contributed by atoms with Gasteiger partial charge in [0, 0.05) is 19.0 Å². The summed E-state index contributed by atoms with van der Waals surface area (Å²) in [5, 5.41) is 8.19. The van der Waals surface area contributed by atoms with Crippen LogP contribution < -0.4 is 0 Å². The first-order chi connectivity index (χ1) is 6.81. The molecule has 1 N–H and O–H groups in total. The lowest BCUT2D eigenvalue weighted by Crippen LogP contribution is -2.36. The average Bonchev–Trinajstić information content (AvgIpc) is 2.84. The fraction of sp³-hybridized carbons (Fsp3) is 0.917. The van der Waals surface area contributed by atoms with Crippen molar-refractivity contribution in [3.63, 3.8) is 0 Å². The van der Waals surface area contributed by atoms with Crippen LogP contribution in [0.5, 0.6) is 0 Å². The fourth-order valence-electron chi connectivity index (χ4n) is 2.47. The third kappa shape index (κ3) is 2.28. The molecule has 0 radical (unpaired) electrons. The Labute approximate surface area is 87.2 Å². The zero-order valence-corrected chi connectivity index (χ0v) is 9.26. The average molecular weight is 194 g/mol. The normalized spacial score (nSPS) is 22.6. The van der Waals surface area contributed by atoms with E-state index in [-0.39, 0.29) is 0 Å². The van der Waals surface area contributed by atoms with Crippen LogP contribution in [-0.4, -0.2) is 23.8 Å². The molecule has 2 saturated carbocycles. The summed E-state index contributed by atoms with van der Waals surface area (Å²) in [4.78, 5) is 2.31. The minimum absolute atomic E-state index is 0.591. The van der Waals surface area contributed by atoms with Crippen LogP contribution in [0.1, 0.15) is 45.4 Å². The largest absolute Gasteiger partial charge is 0.360 e. The van der Waals surface area contributed by atoms with Crippen LogP contribution in [0.25, 0.3) is 0 Å². The minimum Gasteiger partial charge on any atom is -0.360 e. The van der Waals surface area contributed by atoms with Crippen molar-refractivity contribution in [1.82, 2.24) is 4.90 Å². The van der Waals surface area contributed by atoms with E-state index in [1.165, 1.54) is 38.5 Å². The Bertz CT molecular complexity index is 202. The SMILES string of the molecule is CCN(CC1CC1)C(=N)C1CCCC1. The Morgan fingerprint density at radius 1 is 1.21 bits per heavy atom. The van der Waals surface area contributed by atoms with Gasteiger partial charge in [-0.2, -0.15) is 0 Å². The van der Waals surface area contributed by atoms with E-state index in [0.29, 0.717) is 5.92 Å². The fourth-order valence-corrected chi connectivity index (χ4v) is 2.47. The van der Waals surface area contributed by atoms with E-state index in [2.05, 4.69) is 11.8 Å². The molecule has 0 amide bonds. The maximum atomic E-state index is 8.19. The second-order valence-corrected chi connectivity index (χ2v) is 4.85. The summed E-state index contributed by atoms with van der Waals surface area (Å²) in [7, 11) is 0. The second kappa shape index (κ2) is 4.33. The lowest BCUT2D eigenvalue weighted by molar-refractivity contribution is 0.390. The summed E-state index contributed by atoms with van der Waals surface area (Å²) in [6, 6.07) is 0. The number of hydrogen-bond acceptors (Lipinski definition) is 1. The lowest BCUT2D eigenvalue weighted by Gasteiger charge is -2.27. The van der Waals surface area contributed by atoms with Gasteiger partial charge < -0.3 is 4.90 Å². The number of hydrogen-bond donors (Lipinski definition) is 1. The molecule has 2 heteroatoms. The highest BCUT2D eigenvalue weighted by molar-refractivity contribution is 5.81. The molecule has 0 aromatic heterocycles. The monoisotopic (exact) mass is 194 g/mol. The van der Waals surface area contributed by atoms with Gasteiger partial charge in [0.15, 0.2) is 0 Å². The highest BCUT2D eigenvalue weighted by atomic mass is 15.2. The molecule has 14 heavy (non-hydrogen) atoms. The topological polar surface area (TPSA) is 27.1 Å². The Balaban J connectivity index is 1.85. The van der Waals surface area contributed by atoms with Gasteiger partial charge in [-0.05, 0) is 38.5 Å². The predicted octanol–water partition coefficient (Wildman–Crippen LogP) is 2.89. The molecule has 0 aromatic carbocycles. The van der Waals surface area contributed by atoms with Crippen molar-refractivity contribution >= 4 is 5.84 Å². The van der Waals surface area contributed by atoms with E-state index in [4.69, 9.17) is 5.41 Å². The van der Waals surface area contributed by atoms with Gasteiger partial charge in [0.2, 0.25) is 0 Å². The molecule has 0 bridgehead atoms. The highest BCUT2D eigenvalue weighted by Gasteiger charge is 2.28. The van der Waals surface area contributed by atoms with Crippen LogP contribution in [0, 0.1) is 17.2 Å². The number of amidine groups is 1. The molecule has 0 aromatic rings. The van der Waals surface area contributed by atoms with Crippen LogP contribution in [-0.2, 0) is 0 Å². The smallest absolute Gasteiger partial charge is 0.0989 e. The van der Waals surface area contributed by atoms with Gasteiger partial charge in [-0.25, -0.2) is 0 Å². The number of nitrogens with zero attached hydrogens (tertiary/aromatic N) is 1. The molecule has 2 rings (SSSR count). The molecule has 2 fully saturated rings. The molecular weight excluding hydrogens is 172 g/mol. The Morgan fingerprint density at radius 3 is 2.36 bits per heavy atom. The van der Waals surface area contributed by atoms with Crippen molar-refractivity contribution in [2.75, 3.05) is 13.1 Å². The maximum absolute atomic E-state index is 8.19. The minimum atomic E-state index is 0.591. The Hall–Kier alpha value is -0.530. The third-order valence-corrected chi connectivity index (χ3v) is 3.64.